The van der Waals surface area contributed by atoms with Crippen molar-refractivity contribution in [3.8, 4) is 11.8 Å². The number of nitrogens with one attached hydrogen (secondary N) is 2. The first kappa shape index (κ1) is 16.8. The molecule has 1 fully saturated rings. The van der Waals surface area contributed by atoms with E-state index < -0.39 is 5.41 Å². The summed E-state index contributed by atoms with van der Waals surface area (Å²) in [6.07, 6.45) is 2.88. The minimum absolute atomic E-state index is 0.143. The van der Waals surface area contributed by atoms with Crippen LogP contribution in [0.25, 0.3) is 0 Å². The van der Waals surface area contributed by atoms with Crippen LogP contribution in [-0.4, -0.2) is 25.0 Å². The van der Waals surface area contributed by atoms with Crippen LogP contribution in [0.15, 0.2) is 24.3 Å². The second-order valence-corrected chi connectivity index (χ2v) is 5.59. The lowest BCUT2D eigenvalue weighted by Gasteiger charge is -2.18. The van der Waals surface area contributed by atoms with Crippen LogP contribution in [0.3, 0.4) is 0 Å². The summed E-state index contributed by atoms with van der Waals surface area (Å²) in [6.45, 7) is 2.34. The van der Waals surface area contributed by atoms with Gasteiger partial charge in [0.2, 0.25) is 11.8 Å². The Hall–Kier alpha value is -2.55. The van der Waals surface area contributed by atoms with Crippen molar-refractivity contribution in [1.29, 1.82) is 5.26 Å². The van der Waals surface area contributed by atoms with Crippen LogP contribution in [0.4, 0.5) is 5.69 Å². The molecule has 0 aliphatic heterocycles. The van der Waals surface area contributed by atoms with Gasteiger partial charge in [0, 0.05) is 5.69 Å². The molecular weight excluding hydrogens is 294 g/mol. The molecule has 6 nitrogen and oxygen atoms in total. The number of carbonyl (C=O) groups excluding carboxylic acids is 2. The highest BCUT2D eigenvalue weighted by Crippen LogP contribution is 2.37. The topological polar surface area (TPSA) is 91.2 Å². The molecule has 2 N–H and O–H groups in total. The van der Waals surface area contributed by atoms with Gasteiger partial charge in [0.25, 0.3) is 0 Å². The summed E-state index contributed by atoms with van der Waals surface area (Å²) in [4.78, 5) is 24.0. The second kappa shape index (κ2) is 7.63. The van der Waals surface area contributed by atoms with E-state index in [0.717, 1.165) is 18.6 Å². The minimum atomic E-state index is -0.959. The van der Waals surface area contributed by atoms with Crippen molar-refractivity contribution in [2.24, 2.45) is 5.41 Å². The fraction of sp³-hybridized carbons (Fsp3) is 0.471. The Labute approximate surface area is 135 Å². The highest BCUT2D eigenvalue weighted by molar-refractivity contribution is 5.96. The van der Waals surface area contributed by atoms with Gasteiger partial charge in [0.1, 0.15) is 11.2 Å². The molecule has 0 atom stereocenters. The lowest BCUT2D eigenvalue weighted by Crippen LogP contribution is -2.41. The monoisotopic (exact) mass is 315 g/mol. The van der Waals surface area contributed by atoms with Gasteiger partial charge in [0.15, 0.2) is 0 Å². The highest BCUT2D eigenvalue weighted by Gasteiger charge is 2.41. The Morgan fingerprint density at radius 3 is 2.48 bits per heavy atom. The van der Waals surface area contributed by atoms with Gasteiger partial charge in [-0.15, -0.1) is 0 Å². The molecule has 0 bridgehead atoms. The summed E-state index contributed by atoms with van der Waals surface area (Å²) in [5.41, 5.74) is -0.331. The summed E-state index contributed by atoms with van der Waals surface area (Å²) in [5, 5.41) is 14.5. The first-order valence-corrected chi connectivity index (χ1v) is 7.82. The van der Waals surface area contributed by atoms with Crippen molar-refractivity contribution in [1.82, 2.24) is 5.32 Å². The highest BCUT2D eigenvalue weighted by atomic mass is 16.5. The van der Waals surface area contributed by atoms with Crippen LogP contribution in [-0.2, 0) is 9.59 Å². The fourth-order valence-corrected chi connectivity index (χ4v) is 2.70. The average molecular weight is 315 g/mol. The molecular formula is C17H21N3O3. The number of hydrogen-bond donors (Lipinski definition) is 2. The molecule has 6 heteroatoms. The summed E-state index contributed by atoms with van der Waals surface area (Å²) < 4.78 is 5.32. The van der Waals surface area contributed by atoms with E-state index in [9.17, 15) is 14.9 Å². The molecule has 0 spiro atoms. The van der Waals surface area contributed by atoms with E-state index in [-0.39, 0.29) is 18.4 Å². The Bertz CT molecular complexity index is 599. The van der Waals surface area contributed by atoms with Gasteiger partial charge in [-0.2, -0.15) is 5.26 Å². The van der Waals surface area contributed by atoms with E-state index in [1.165, 1.54) is 0 Å². The number of benzene rings is 1. The zero-order valence-corrected chi connectivity index (χ0v) is 13.2. The Kier molecular flexibility index (Phi) is 5.58. The summed E-state index contributed by atoms with van der Waals surface area (Å²) in [7, 11) is 0. The lowest BCUT2D eigenvalue weighted by atomic mass is 9.87. The molecule has 1 saturated carbocycles. The zero-order valence-electron chi connectivity index (χ0n) is 13.2. The van der Waals surface area contributed by atoms with Crippen LogP contribution in [0.2, 0.25) is 0 Å². The van der Waals surface area contributed by atoms with Gasteiger partial charge in [-0.25, -0.2) is 0 Å². The van der Waals surface area contributed by atoms with Crippen LogP contribution < -0.4 is 15.4 Å². The maximum absolute atomic E-state index is 12.1. The molecule has 1 aliphatic carbocycles. The molecule has 23 heavy (non-hydrogen) atoms. The third kappa shape index (κ3) is 4.22. The van der Waals surface area contributed by atoms with Crippen LogP contribution in [0.1, 0.15) is 32.6 Å². The molecule has 0 heterocycles. The van der Waals surface area contributed by atoms with E-state index in [2.05, 4.69) is 16.7 Å². The first-order chi connectivity index (χ1) is 11.1. The second-order valence-electron chi connectivity index (χ2n) is 5.59. The van der Waals surface area contributed by atoms with Crippen molar-refractivity contribution < 1.29 is 14.3 Å². The molecule has 1 aromatic rings. The van der Waals surface area contributed by atoms with Crippen LogP contribution in [0, 0.1) is 16.7 Å². The van der Waals surface area contributed by atoms with Gasteiger partial charge in [0.05, 0.1) is 19.2 Å². The summed E-state index contributed by atoms with van der Waals surface area (Å²) in [5.74, 6) is 0.0592. The van der Waals surface area contributed by atoms with Crippen molar-refractivity contribution in [2.75, 3.05) is 18.5 Å². The predicted octanol–water partition coefficient (Wildman–Crippen LogP) is 2.22. The van der Waals surface area contributed by atoms with Crippen molar-refractivity contribution in [2.45, 2.75) is 32.6 Å². The fourth-order valence-electron chi connectivity index (χ4n) is 2.70. The maximum Gasteiger partial charge on any atom is 0.243 e. The molecule has 0 unspecified atom stereocenters. The largest absolute Gasteiger partial charge is 0.494 e. The number of carbonyl (C=O) groups is 2. The van der Waals surface area contributed by atoms with Gasteiger partial charge in [-0.05, 0) is 44.0 Å². The molecule has 1 aliphatic rings. The van der Waals surface area contributed by atoms with E-state index >= 15 is 0 Å². The number of ether oxygens (including phenoxy) is 1. The molecule has 2 amide bonds. The van der Waals surface area contributed by atoms with Gasteiger partial charge in [-0.3, -0.25) is 9.59 Å². The van der Waals surface area contributed by atoms with E-state index in [1.807, 2.05) is 6.92 Å². The van der Waals surface area contributed by atoms with Crippen molar-refractivity contribution >= 4 is 17.5 Å². The van der Waals surface area contributed by atoms with E-state index in [0.29, 0.717) is 25.1 Å². The summed E-state index contributed by atoms with van der Waals surface area (Å²) >= 11 is 0. The molecule has 0 saturated heterocycles. The Morgan fingerprint density at radius 1 is 1.26 bits per heavy atom. The predicted molar refractivity (Wildman–Crippen MR) is 85.8 cm³/mol. The van der Waals surface area contributed by atoms with Crippen molar-refractivity contribution in [3.05, 3.63) is 24.3 Å². The first-order valence-electron chi connectivity index (χ1n) is 7.82. The van der Waals surface area contributed by atoms with Crippen LogP contribution in [0.5, 0.6) is 5.75 Å². The SMILES string of the molecule is CCOc1ccc(NC(=O)CNC(=O)C2(C#N)CCCC2)cc1. The standard InChI is InChI=1S/C17H21N3O3/c1-2-23-14-7-5-13(6-8-14)20-15(21)11-19-16(22)17(12-18)9-3-4-10-17/h5-8H,2-4,9-11H2,1H3,(H,19,22)(H,20,21). The Balaban J connectivity index is 1.83. The number of rotatable bonds is 6. The number of anilines is 1. The number of nitriles is 1. The molecule has 0 aromatic heterocycles. The lowest BCUT2D eigenvalue weighted by molar-refractivity contribution is -0.129. The van der Waals surface area contributed by atoms with Crippen molar-refractivity contribution in [3.63, 3.8) is 0 Å². The third-order valence-corrected chi connectivity index (χ3v) is 3.96. The zero-order chi connectivity index (χ0) is 16.7. The number of amides is 2. The molecule has 0 radical (unpaired) electrons. The Morgan fingerprint density at radius 2 is 1.91 bits per heavy atom. The van der Waals surface area contributed by atoms with Gasteiger partial charge >= 0.3 is 0 Å². The summed E-state index contributed by atoms with van der Waals surface area (Å²) in [6, 6.07) is 9.11. The number of nitrogens with zero attached hydrogens (tertiary/aromatic N) is 1. The van der Waals surface area contributed by atoms with Crippen LogP contribution >= 0.6 is 0 Å². The van der Waals surface area contributed by atoms with E-state index in [4.69, 9.17) is 4.74 Å². The average Bonchev–Trinajstić information content (AvgIpc) is 3.05. The quantitative estimate of drug-likeness (QED) is 0.842. The normalized spacial score (nSPS) is 15.5. The number of hydrogen-bond acceptors (Lipinski definition) is 4. The molecule has 2 rings (SSSR count). The van der Waals surface area contributed by atoms with E-state index in [1.54, 1.807) is 24.3 Å². The molecule has 1 aromatic carbocycles. The smallest absolute Gasteiger partial charge is 0.243 e. The van der Waals surface area contributed by atoms with Gasteiger partial charge < -0.3 is 15.4 Å². The molecule has 122 valence electrons. The maximum atomic E-state index is 12.1. The third-order valence-electron chi connectivity index (χ3n) is 3.96. The minimum Gasteiger partial charge on any atom is -0.494 e. The van der Waals surface area contributed by atoms with Gasteiger partial charge in [-0.1, -0.05) is 12.8 Å².